The van der Waals surface area contributed by atoms with Crippen molar-refractivity contribution in [1.82, 2.24) is 0 Å². The molecule has 0 saturated carbocycles. The lowest BCUT2D eigenvalue weighted by Crippen LogP contribution is -2.55. The predicted molar refractivity (Wildman–Crippen MR) is 136 cm³/mol. The molecule has 0 spiro atoms. The molecule has 9 nitrogen and oxygen atoms in total. The van der Waals surface area contributed by atoms with Crippen molar-refractivity contribution in [3.05, 3.63) is 51.6 Å². The van der Waals surface area contributed by atoms with E-state index in [0.717, 1.165) is 0 Å². The van der Waals surface area contributed by atoms with E-state index in [9.17, 15) is 30.0 Å². The van der Waals surface area contributed by atoms with Crippen LogP contribution in [-0.2, 0) is 15.9 Å². The Kier molecular flexibility index (Phi) is 6.15. The van der Waals surface area contributed by atoms with Crippen molar-refractivity contribution in [2.24, 2.45) is 11.3 Å². The molecule has 6 atom stereocenters. The number of phenolic OH excluding ortho intramolecular Hbond substituents is 2. The number of aliphatic hydroxyl groups is 2. The van der Waals surface area contributed by atoms with Gasteiger partial charge in [-0.1, -0.05) is 20.8 Å². The van der Waals surface area contributed by atoms with E-state index in [1.54, 1.807) is 13.0 Å². The molecule has 0 amide bonds. The fraction of sp³-hybridized carbons (Fsp3) is 0.517. The van der Waals surface area contributed by atoms with Gasteiger partial charge in [0.1, 0.15) is 23.4 Å². The summed E-state index contributed by atoms with van der Waals surface area (Å²) in [4.78, 5) is 27.2. The van der Waals surface area contributed by atoms with Crippen molar-refractivity contribution >= 4 is 11.6 Å². The summed E-state index contributed by atoms with van der Waals surface area (Å²) in [5.74, 6) is -1.86. The Morgan fingerprint density at radius 2 is 1.66 bits per heavy atom. The Bertz CT molecular complexity index is 1340. The summed E-state index contributed by atoms with van der Waals surface area (Å²) in [6.45, 7) is 9.26. The number of fused-ring (bicyclic) bond motifs is 3. The number of aromatic hydroxyl groups is 2. The number of carbonyl (C=O) groups is 2. The van der Waals surface area contributed by atoms with Crippen LogP contribution in [0, 0.1) is 11.3 Å². The maximum Gasteiger partial charge on any atom is 0.201 e. The molecule has 0 aromatic heterocycles. The van der Waals surface area contributed by atoms with Crippen LogP contribution in [0.5, 0.6) is 17.2 Å². The molecule has 5 unspecified atom stereocenters. The summed E-state index contributed by atoms with van der Waals surface area (Å²) in [5.41, 5.74) is -0.998. The van der Waals surface area contributed by atoms with Crippen LogP contribution in [0.3, 0.4) is 0 Å². The second-order valence-corrected chi connectivity index (χ2v) is 11.7. The van der Waals surface area contributed by atoms with Gasteiger partial charge in [-0.05, 0) is 49.3 Å². The smallest absolute Gasteiger partial charge is 0.201 e. The Labute approximate surface area is 221 Å². The Morgan fingerprint density at radius 1 is 1.00 bits per heavy atom. The molecule has 2 aliphatic carbocycles. The van der Waals surface area contributed by atoms with Crippen molar-refractivity contribution in [2.75, 3.05) is 7.11 Å². The minimum atomic E-state index is -1.44. The Balaban J connectivity index is 1.64. The molecule has 1 fully saturated rings. The zero-order chi connectivity index (χ0) is 27.9. The first kappa shape index (κ1) is 26.6. The first-order chi connectivity index (χ1) is 17.7. The van der Waals surface area contributed by atoms with Crippen LogP contribution in [0.1, 0.15) is 90.1 Å². The number of aliphatic hydroxyl groups excluding tert-OH is 1. The van der Waals surface area contributed by atoms with Gasteiger partial charge in [0.2, 0.25) is 5.78 Å². The van der Waals surface area contributed by atoms with Crippen LogP contribution in [0.2, 0.25) is 0 Å². The molecule has 38 heavy (non-hydrogen) atoms. The second kappa shape index (κ2) is 8.77. The Hall–Kier alpha value is -2.98. The average Bonchev–Trinajstić information content (AvgIpc) is 2.82. The predicted octanol–water partition coefficient (Wildman–Crippen LogP) is 3.40. The van der Waals surface area contributed by atoms with Gasteiger partial charge in [-0.2, -0.15) is 0 Å². The van der Waals surface area contributed by atoms with Crippen LogP contribution < -0.4 is 4.74 Å². The molecule has 2 aromatic rings. The molecule has 0 bridgehead atoms. The molecule has 0 radical (unpaired) electrons. The number of phenols is 2. The monoisotopic (exact) mass is 526 g/mol. The summed E-state index contributed by atoms with van der Waals surface area (Å²) < 4.78 is 17.4. The fourth-order valence-corrected chi connectivity index (χ4v) is 6.08. The van der Waals surface area contributed by atoms with E-state index in [2.05, 4.69) is 13.8 Å². The minimum absolute atomic E-state index is 0.00366. The highest BCUT2D eigenvalue weighted by Crippen LogP contribution is 2.53. The van der Waals surface area contributed by atoms with Gasteiger partial charge >= 0.3 is 0 Å². The number of hydrogen-bond donors (Lipinski definition) is 4. The van der Waals surface area contributed by atoms with E-state index in [1.807, 2.05) is 6.92 Å². The van der Waals surface area contributed by atoms with E-state index < -0.39 is 47.5 Å². The fourth-order valence-electron chi connectivity index (χ4n) is 6.08. The van der Waals surface area contributed by atoms with E-state index in [0.29, 0.717) is 17.5 Å². The second-order valence-electron chi connectivity index (χ2n) is 11.7. The summed E-state index contributed by atoms with van der Waals surface area (Å²) in [7, 11) is 1.40. The molecule has 5 rings (SSSR count). The van der Waals surface area contributed by atoms with Gasteiger partial charge in [0.05, 0.1) is 36.0 Å². The maximum absolute atomic E-state index is 13.6. The molecular weight excluding hydrogens is 492 g/mol. The number of ether oxygens (including phenoxy) is 3. The standard InChI is InChI=1S/C29H34O9/c1-12-26(38-19-11-29(5,35)27(34)13(2)37-19)20-14(10-28(12,3)4)7-16-22(24(20)32)25(33)21-17(23(16)31)8-15(36-6)9-18(21)30/h7-9,12-13,19,26-27,30,32,34-35H,10-11H2,1-6H3/t12?,13?,19?,26-,27?,29?/m0/s1. The molecule has 204 valence electrons. The number of ketones is 2. The lowest BCUT2D eigenvalue weighted by Gasteiger charge is -2.47. The van der Waals surface area contributed by atoms with Gasteiger partial charge in [-0.15, -0.1) is 0 Å². The third-order valence-corrected chi connectivity index (χ3v) is 8.64. The van der Waals surface area contributed by atoms with E-state index in [-0.39, 0.29) is 51.5 Å². The SMILES string of the molecule is COc1cc(O)c2c(c1)C(=O)c1cc3c(c(O)c1C2=O)[C@@H](OC1CC(C)(O)C(O)C(C)O1)C(C)C(C)(C)C3. The lowest BCUT2D eigenvalue weighted by atomic mass is 9.64. The molecule has 2 aromatic carbocycles. The van der Waals surface area contributed by atoms with Crippen LogP contribution in [0.15, 0.2) is 18.2 Å². The number of hydrogen-bond acceptors (Lipinski definition) is 9. The minimum Gasteiger partial charge on any atom is -0.507 e. The highest BCUT2D eigenvalue weighted by atomic mass is 16.7. The van der Waals surface area contributed by atoms with Gasteiger partial charge < -0.3 is 34.6 Å². The van der Waals surface area contributed by atoms with Gasteiger partial charge in [0.25, 0.3) is 0 Å². The number of rotatable bonds is 3. The van der Waals surface area contributed by atoms with Gasteiger partial charge in [0, 0.05) is 29.2 Å². The van der Waals surface area contributed by atoms with Crippen molar-refractivity contribution in [1.29, 1.82) is 0 Å². The summed E-state index contributed by atoms with van der Waals surface area (Å²) >= 11 is 0. The first-order valence-electron chi connectivity index (χ1n) is 12.8. The topological polar surface area (TPSA) is 143 Å². The summed E-state index contributed by atoms with van der Waals surface area (Å²) in [5, 5.41) is 43.2. The van der Waals surface area contributed by atoms with Crippen LogP contribution >= 0.6 is 0 Å². The van der Waals surface area contributed by atoms with E-state index >= 15 is 0 Å². The third kappa shape index (κ3) is 3.91. The van der Waals surface area contributed by atoms with Crippen LogP contribution in [0.4, 0.5) is 0 Å². The number of benzene rings is 2. The molecule has 1 aliphatic heterocycles. The first-order valence-corrected chi connectivity index (χ1v) is 12.8. The zero-order valence-corrected chi connectivity index (χ0v) is 22.4. The van der Waals surface area contributed by atoms with Crippen molar-refractivity contribution < 1.29 is 44.2 Å². The highest BCUT2D eigenvalue weighted by molar-refractivity contribution is 6.30. The molecule has 9 heteroatoms. The molecule has 3 aliphatic rings. The van der Waals surface area contributed by atoms with Gasteiger partial charge in [-0.3, -0.25) is 9.59 Å². The molecule has 4 N–H and O–H groups in total. The maximum atomic E-state index is 13.6. The van der Waals surface area contributed by atoms with Gasteiger partial charge in [-0.25, -0.2) is 0 Å². The average molecular weight is 527 g/mol. The normalized spacial score (nSPS) is 31.8. The molecule has 1 heterocycles. The van der Waals surface area contributed by atoms with Crippen molar-refractivity contribution in [3.63, 3.8) is 0 Å². The van der Waals surface area contributed by atoms with Crippen LogP contribution in [0.25, 0.3) is 0 Å². The lowest BCUT2D eigenvalue weighted by molar-refractivity contribution is -0.291. The molecule has 1 saturated heterocycles. The van der Waals surface area contributed by atoms with Crippen molar-refractivity contribution in [3.8, 4) is 17.2 Å². The van der Waals surface area contributed by atoms with E-state index in [1.165, 1.54) is 26.2 Å². The Morgan fingerprint density at radius 3 is 2.29 bits per heavy atom. The van der Waals surface area contributed by atoms with Crippen molar-refractivity contribution in [2.45, 2.75) is 77.7 Å². The number of methoxy groups -OCH3 is 1. The van der Waals surface area contributed by atoms with Crippen LogP contribution in [-0.4, -0.2) is 63.2 Å². The quantitative estimate of drug-likeness (QED) is 0.404. The highest BCUT2D eigenvalue weighted by Gasteiger charge is 2.49. The number of carbonyl (C=O) groups excluding carboxylic acids is 2. The summed E-state index contributed by atoms with van der Waals surface area (Å²) in [6.07, 6.45) is -2.89. The van der Waals surface area contributed by atoms with Gasteiger partial charge in [0.15, 0.2) is 12.1 Å². The zero-order valence-electron chi connectivity index (χ0n) is 22.4. The largest absolute Gasteiger partial charge is 0.507 e. The summed E-state index contributed by atoms with van der Waals surface area (Å²) in [6, 6.07) is 4.30. The third-order valence-electron chi connectivity index (χ3n) is 8.64. The van der Waals surface area contributed by atoms with E-state index in [4.69, 9.17) is 14.2 Å². The molecular formula is C29H34O9.